The minimum atomic E-state index is -0.786. The van der Waals surface area contributed by atoms with Crippen molar-refractivity contribution in [3.8, 4) is 0 Å². The Morgan fingerprint density at radius 2 is 0.494 bits per heavy atom. The first-order chi connectivity index (χ1) is 40.0. The van der Waals surface area contributed by atoms with Crippen LogP contribution in [-0.2, 0) is 28.6 Å². The SMILES string of the molecule is CC/C=C\C/C=C\C/C=C\C/C=C\C/C=C\CCCCCCCCCCCCCCCCCC(=O)OCC(COC(=O)CCCCCCC/C=C\C/C=C\CCCC)OC(=O)CCCCCCCCC/C=C\CCCCCCCCC. The molecule has 0 aromatic heterocycles. The monoisotopic (exact) mass is 1130 g/mol. The standard InChI is InChI=1S/C75H130O6/c1-4-7-10-13-16-19-22-25-28-30-32-33-34-35-36-37-38-39-40-41-42-43-44-46-47-50-53-56-59-62-65-68-74(77)80-71-72(70-79-73(76)67-64-61-58-55-52-49-27-24-21-18-15-12-9-6-3)81-75(78)69-66-63-60-57-54-51-48-45-31-29-26-23-20-17-14-11-8-5-2/h7,10,15-16,18-19,24-25,27-29,31-33,35-36,72H,4-6,8-9,11-14,17,20-23,26,30,34,37-71H2,1-3H3/b10-7-,18-15-,19-16-,27-24-,28-25-,31-29-,33-32-,36-35-. The van der Waals surface area contributed by atoms with Gasteiger partial charge in [-0.1, -0.05) is 304 Å². The number of hydrogen-bond acceptors (Lipinski definition) is 6. The van der Waals surface area contributed by atoms with Gasteiger partial charge in [-0.2, -0.15) is 0 Å². The summed E-state index contributed by atoms with van der Waals surface area (Å²) in [4.78, 5) is 38.4. The molecule has 0 aromatic carbocycles. The third kappa shape index (κ3) is 67.0. The van der Waals surface area contributed by atoms with Gasteiger partial charge in [0.25, 0.3) is 0 Å². The van der Waals surface area contributed by atoms with E-state index in [0.29, 0.717) is 19.3 Å². The van der Waals surface area contributed by atoms with Gasteiger partial charge in [-0.15, -0.1) is 0 Å². The Kier molecular flexibility index (Phi) is 65.7. The zero-order valence-electron chi connectivity index (χ0n) is 53.5. The van der Waals surface area contributed by atoms with E-state index in [-0.39, 0.29) is 31.1 Å². The molecule has 0 saturated carbocycles. The number of carbonyl (C=O) groups is 3. The normalized spacial score (nSPS) is 12.7. The van der Waals surface area contributed by atoms with Gasteiger partial charge in [0.1, 0.15) is 13.2 Å². The Morgan fingerprint density at radius 1 is 0.259 bits per heavy atom. The fraction of sp³-hybridized carbons (Fsp3) is 0.747. The highest BCUT2D eigenvalue weighted by molar-refractivity contribution is 5.71. The van der Waals surface area contributed by atoms with E-state index in [4.69, 9.17) is 14.2 Å². The zero-order valence-corrected chi connectivity index (χ0v) is 53.5. The molecular formula is C75H130O6. The first-order valence-corrected chi connectivity index (χ1v) is 34.7. The van der Waals surface area contributed by atoms with Gasteiger partial charge in [0.05, 0.1) is 0 Å². The molecule has 1 atom stereocenters. The molecule has 466 valence electrons. The zero-order chi connectivity index (χ0) is 58.5. The highest BCUT2D eigenvalue weighted by Gasteiger charge is 2.19. The van der Waals surface area contributed by atoms with Gasteiger partial charge >= 0.3 is 17.9 Å². The molecule has 6 nitrogen and oxygen atoms in total. The van der Waals surface area contributed by atoms with Gasteiger partial charge in [-0.25, -0.2) is 0 Å². The average molecular weight is 1130 g/mol. The van der Waals surface area contributed by atoms with Crippen molar-refractivity contribution in [2.45, 2.75) is 348 Å². The summed E-state index contributed by atoms with van der Waals surface area (Å²) in [5.41, 5.74) is 0. The molecule has 0 aliphatic heterocycles. The van der Waals surface area contributed by atoms with Crippen molar-refractivity contribution in [2.75, 3.05) is 13.2 Å². The van der Waals surface area contributed by atoms with Crippen LogP contribution in [0.1, 0.15) is 342 Å². The van der Waals surface area contributed by atoms with E-state index in [2.05, 4.69) is 118 Å². The lowest BCUT2D eigenvalue weighted by Crippen LogP contribution is -2.30. The van der Waals surface area contributed by atoms with Crippen molar-refractivity contribution in [1.82, 2.24) is 0 Å². The average Bonchev–Trinajstić information content (AvgIpc) is 3.47. The molecule has 0 rings (SSSR count). The Balaban J connectivity index is 4.24. The molecule has 0 aliphatic carbocycles. The number of esters is 3. The molecule has 0 amide bonds. The number of hydrogen-bond donors (Lipinski definition) is 0. The maximum absolute atomic E-state index is 12.9. The summed E-state index contributed by atoms with van der Waals surface area (Å²) in [6.07, 6.45) is 92.9. The molecule has 0 aliphatic rings. The largest absolute Gasteiger partial charge is 0.462 e. The molecular weight excluding hydrogens is 997 g/mol. The second-order valence-electron chi connectivity index (χ2n) is 23.1. The molecule has 0 spiro atoms. The molecule has 0 bridgehead atoms. The van der Waals surface area contributed by atoms with Crippen molar-refractivity contribution < 1.29 is 28.6 Å². The highest BCUT2D eigenvalue weighted by Crippen LogP contribution is 2.17. The lowest BCUT2D eigenvalue weighted by Gasteiger charge is -2.18. The van der Waals surface area contributed by atoms with E-state index < -0.39 is 6.10 Å². The third-order valence-electron chi connectivity index (χ3n) is 15.0. The molecule has 0 heterocycles. The van der Waals surface area contributed by atoms with E-state index in [0.717, 1.165) is 109 Å². The van der Waals surface area contributed by atoms with Crippen molar-refractivity contribution in [3.05, 3.63) is 97.2 Å². The summed E-state index contributed by atoms with van der Waals surface area (Å²) in [5.74, 6) is -0.885. The van der Waals surface area contributed by atoms with Crippen molar-refractivity contribution >= 4 is 17.9 Å². The van der Waals surface area contributed by atoms with Crippen LogP contribution in [0.3, 0.4) is 0 Å². The van der Waals surface area contributed by atoms with Crippen LogP contribution < -0.4 is 0 Å². The van der Waals surface area contributed by atoms with E-state index in [1.165, 1.54) is 193 Å². The summed E-state index contributed by atoms with van der Waals surface area (Å²) in [6, 6.07) is 0. The summed E-state index contributed by atoms with van der Waals surface area (Å²) in [5, 5.41) is 0. The summed E-state index contributed by atoms with van der Waals surface area (Å²) in [6.45, 7) is 6.51. The van der Waals surface area contributed by atoms with Crippen molar-refractivity contribution in [2.24, 2.45) is 0 Å². The molecule has 6 heteroatoms. The van der Waals surface area contributed by atoms with Crippen LogP contribution in [0, 0.1) is 0 Å². The minimum Gasteiger partial charge on any atom is -0.462 e. The lowest BCUT2D eigenvalue weighted by molar-refractivity contribution is -0.167. The molecule has 1 unspecified atom stereocenters. The molecule has 0 saturated heterocycles. The van der Waals surface area contributed by atoms with Crippen LogP contribution in [0.5, 0.6) is 0 Å². The van der Waals surface area contributed by atoms with Gasteiger partial charge in [0.15, 0.2) is 6.10 Å². The number of unbranched alkanes of at least 4 members (excludes halogenated alkanes) is 36. The summed E-state index contributed by atoms with van der Waals surface area (Å²) >= 11 is 0. The van der Waals surface area contributed by atoms with Crippen LogP contribution in [-0.4, -0.2) is 37.2 Å². The van der Waals surface area contributed by atoms with E-state index in [9.17, 15) is 14.4 Å². The van der Waals surface area contributed by atoms with Gasteiger partial charge in [0, 0.05) is 19.3 Å². The lowest BCUT2D eigenvalue weighted by atomic mass is 10.0. The maximum atomic E-state index is 12.9. The van der Waals surface area contributed by atoms with E-state index >= 15 is 0 Å². The van der Waals surface area contributed by atoms with Gasteiger partial charge in [0.2, 0.25) is 0 Å². The second-order valence-corrected chi connectivity index (χ2v) is 23.1. The first-order valence-electron chi connectivity index (χ1n) is 34.7. The Labute approximate surface area is 502 Å². The molecule has 0 N–H and O–H groups in total. The molecule has 0 fully saturated rings. The highest BCUT2D eigenvalue weighted by atomic mass is 16.6. The fourth-order valence-electron chi connectivity index (χ4n) is 9.84. The maximum Gasteiger partial charge on any atom is 0.306 e. The van der Waals surface area contributed by atoms with Crippen LogP contribution in [0.15, 0.2) is 97.2 Å². The van der Waals surface area contributed by atoms with Gasteiger partial charge in [-0.3, -0.25) is 14.4 Å². The molecule has 81 heavy (non-hydrogen) atoms. The van der Waals surface area contributed by atoms with Crippen LogP contribution in [0.25, 0.3) is 0 Å². The van der Waals surface area contributed by atoms with Crippen molar-refractivity contribution in [1.29, 1.82) is 0 Å². The first kappa shape index (κ1) is 77.3. The summed E-state index contributed by atoms with van der Waals surface area (Å²) in [7, 11) is 0. The van der Waals surface area contributed by atoms with Gasteiger partial charge in [-0.05, 0) is 116 Å². The van der Waals surface area contributed by atoms with Crippen LogP contribution in [0.2, 0.25) is 0 Å². The van der Waals surface area contributed by atoms with Crippen LogP contribution >= 0.6 is 0 Å². The van der Waals surface area contributed by atoms with Crippen molar-refractivity contribution in [3.63, 3.8) is 0 Å². The summed E-state index contributed by atoms with van der Waals surface area (Å²) < 4.78 is 17.0. The quantitative estimate of drug-likeness (QED) is 0.0261. The number of rotatable bonds is 63. The predicted molar refractivity (Wildman–Crippen MR) is 353 cm³/mol. The Bertz CT molecular complexity index is 1580. The number of ether oxygens (including phenoxy) is 3. The molecule has 0 aromatic rings. The number of carbonyl (C=O) groups excluding carboxylic acids is 3. The third-order valence-corrected chi connectivity index (χ3v) is 15.0. The Morgan fingerprint density at radius 3 is 0.802 bits per heavy atom. The second kappa shape index (κ2) is 68.8. The predicted octanol–water partition coefficient (Wildman–Crippen LogP) is 24.0. The fourth-order valence-corrected chi connectivity index (χ4v) is 9.84. The topological polar surface area (TPSA) is 78.9 Å². The smallest absolute Gasteiger partial charge is 0.306 e. The van der Waals surface area contributed by atoms with Crippen LogP contribution in [0.4, 0.5) is 0 Å². The number of allylic oxidation sites excluding steroid dienone is 16. The van der Waals surface area contributed by atoms with Gasteiger partial charge < -0.3 is 14.2 Å². The van der Waals surface area contributed by atoms with E-state index in [1.54, 1.807) is 0 Å². The Hall–Kier alpha value is -3.67. The van der Waals surface area contributed by atoms with E-state index in [1.807, 2.05) is 0 Å². The minimum absolute atomic E-state index is 0.0812. The molecule has 0 radical (unpaired) electrons.